The Bertz CT molecular complexity index is 159. The van der Waals surface area contributed by atoms with Crippen LogP contribution in [0.4, 0.5) is 0 Å². The second kappa shape index (κ2) is 5.08. The smallest absolute Gasteiger partial charge is 0.0342 e. The van der Waals surface area contributed by atoms with Crippen LogP contribution in [0.5, 0.6) is 0 Å². The quantitative estimate of drug-likeness (QED) is 0.654. The topological polar surface area (TPSA) is 24.4 Å². The van der Waals surface area contributed by atoms with Gasteiger partial charge in [-0.15, -0.1) is 0 Å². The number of nitrogens with zero attached hydrogens (tertiary/aromatic N) is 1. The molecule has 62 valence electrons. The van der Waals surface area contributed by atoms with Crippen LogP contribution in [0.2, 0.25) is 0 Å². The first-order valence-electron chi connectivity index (χ1n) is 4.34. The second-order valence-electron chi connectivity index (χ2n) is 2.81. The molecule has 1 N–H and O–H groups in total. The predicted octanol–water partition coefficient (Wildman–Crippen LogP) is 1.73. The largest absolute Gasteiger partial charge is 0.308 e. The Hall–Kier alpha value is -0.630. The third-order valence-corrected chi connectivity index (χ3v) is 1.77. The number of hydrogen-bond donors (Lipinski definition) is 1. The van der Waals surface area contributed by atoms with Crippen molar-refractivity contribution >= 4 is 5.71 Å². The third kappa shape index (κ3) is 3.33. The Labute approximate surface area is 68.4 Å². The van der Waals surface area contributed by atoms with Crippen LogP contribution >= 0.6 is 0 Å². The van der Waals surface area contributed by atoms with Crippen molar-refractivity contribution in [3.63, 3.8) is 0 Å². The summed E-state index contributed by atoms with van der Waals surface area (Å²) in [5.41, 5.74) is 1.29. The summed E-state index contributed by atoms with van der Waals surface area (Å²) in [5, 5.41) is 3.29. The van der Waals surface area contributed by atoms with E-state index in [0.29, 0.717) is 0 Å². The van der Waals surface area contributed by atoms with Gasteiger partial charge in [0.05, 0.1) is 0 Å². The standard InChI is InChI=1S/C9H16N2/c1-2-3-5-9-8-10-6-4-7-11-9/h4,7,10H,2-3,5-6,8H2,1H3. The van der Waals surface area contributed by atoms with Crippen molar-refractivity contribution in [2.45, 2.75) is 26.2 Å². The monoisotopic (exact) mass is 152 g/mol. The molecular weight excluding hydrogens is 136 g/mol. The van der Waals surface area contributed by atoms with Crippen molar-refractivity contribution in [2.24, 2.45) is 4.99 Å². The molecule has 1 aliphatic rings. The number of aliphatic imine (C=N–C) groups is 1. The van der Waals surface area contributed by atoms with E-state index in [0.717, 1.165) is 19.5 Å². The summed E-state index contributed by atoms with van der Waals surface area (Å²) in [6.07, 6.45) is 7.62. The Kier molecular flexibility index (Phi) is 3.91. The van der Waals surface area contributed by atoms with Crippen LogP contribution in [-0.2, 0) is 0 Å². The van der Waals surface area contributed by atoms with E-state index >= 15 is 0 Å². The van der Waals surface area contributed by atoms with Crippen molar-refractivity contribution in [2.75, 3.05) is 13.1 Å². The SMILES string of the molecule is CCCCC1=NC=CCNC1. The molecule has 0 saturated carbocycles. The molecule has 0 spiro atoms. The summed E-state index contributed by atoms with van der Waals surface area (Å²) in [5.74, 6) is 0. The molecule has 2 nitrogen and oxygen atoms in total. The predicted molar refractivity (Wildman–Crippen MR) is 49.0 cm³/mol. The molecule has 0 fully saturated rings. The lowest BCUT2D eigenvalue weighted by molar-refractivity contribution is 0.804. The molecule has 0 aromatic rings. The first-order valence-corrected chi connectivity index (χ1v) is 4.34. The van der Waals surface area contributed by atoms with Gasteiger partial charge in [-0.3, -0.25) is 4.99 Å². The molecule has 0 saturated heterocycles. The normalized spacial score (nSPS) is 17.7. The van der Waals surface area contributed by atoms with Gasteiger partial charge in [0.2, 0.25) is 0 Å². The summed E-state index contributed by atoms with van der Waals surface area (Å²) >= 11 is 0. The van der Waals surface area contributed by atoms with E-state index in [-0.39, 0.29) is 0 Å². The van der Waals surface area contributed by atoms with Gasteiger partial charge in [0.15, 0.2) is 0 Å². The molecule has 0 radical (unpaired) electrons. The van der Waals surface area contributed by atoms with Crippen LogP contribution in [0.25, 0.3) is 0 Å². The van der Waals surface area contributed by atoms with Crippen molar-refractivity contribution in [1.82, 2.24) is 5.32 Å². The highest BCUT2D eigenvalue weighted by atomic mass is 14.9. The van der Waals surface area contributed by atoms with Crippen molar-refractivity contribution in [3.05, 3.63) is 12.3 Å². The lowest BCUT2D eigenvalue weighted by atomic mass is 10.2. The maximum Gasteiger partial charge on any atom is 0.0342 e. The number of hydrogen-bond acceptors (Lipinski definition) is 2. The molecular formula is C9H16N2. The lowest BCUT2D eigenvalue weighted by Crippen LogP contribution is -2.21. The fourth-order valence-corrected chi connectivity index (χ4v) is 1.09. The third-order valence-electron chi connectivity index (χ3n) is 1.77. The minimum atomic E-state index is 0.957. The van der Waals surface area contributed by atoms with Gasteiger partial charge >= 0.3 is 0 Å². The van der Waals surface area contributed by atoms with Crippen LogP contribution in [0.1, 0.15) is 26.2 Å². The fraction of sp³-hybridized carbons (Fsp3) is 0.667. The average Bonchev–Trinajstić information content (AvgIpc) is 2.28. The van der Waals surface area contributed by atoms with Crippen LogP contribution in [0.3, 0.4) is 0 Å². The molecule has 0 aliphatic carbocycles. The minimum Gasteiger partial charge on any atom is -0.308 e. The van der Waals surface area contributed by atoms with Crippen LogP contribution < -0.4 is 5.32 Å². The maximum atomic E-state index is 4.33. The summed E-state index contributed by atoms with van der Waals surface area (Å²) < 4.78 is 0. The Morgan fingerprint density at radius 1 is 1.64 bits per heavy atom. The summed E-state index contributed by atoms with van der Waals surface area (Å²) in [4.78, 5) is 4.33. The molecule has 0 aromatic carbocycles. The zero-order chi connectivity index (χ0) is 7.94. The van der Waals surface area contributed by atoms with E-state index in [4.69, 9.17) is 0 Å². The number of rotatable bonds is 3. The second-order valence-corrected chi connectivity index (χ2v) is 2.81. The molecule has 11 heavy (non-hydrogen) atoms. The summed E-state index contributed by atoms with van der Waals surface area (Å²) in [6.45, 7) is 4.13. The van der Waals surface area contributed by atoms with E-state index in [1.54, 1.807) is 0 Å². The molecule has 1 heterocycles. The van der Waals surface area contributed by atoms with Crippen LogP contribution in [-0.4, -0.2) is 18.8 Å². The van der Waals surface area contributed by atoms with Crippen LogP contribution in [0, 0.1) is 0 Å². The van der Waals surface area contributed by atoms with E-state index < -0.39 is 0 Å². The zero-order valence-electron chi connectivity index (χ0n) is 7.14. The zero-order valence-corrected chi connectivity index (χ0v) is 7.14. The van der Waals surface area contributed by atoms with Gasteiger partial charge < -0.3 is 5.32 Å². The summed E-state index contributed by atoms with van der Waals surface area (Å²) in [6, 6.07) is 0. The van der Waals surface area contributed by atoms with Gasteiger partial charge in [-0.2, -0.15) is 0 Å². The molecule has 1 rings (SSSR count). The van der Waals surface area contributed by atoms with Crippen molar-refractivity contribution < 1.29 is 0 Å². The van der Waals surface area contributed by atoms with Gasteiger partial charge in [-0.1, -0.05) is 19.4 Å². The van der Waals surface area contributed by atoms with Gasteiger partial charge in [-0.25, -0.2) is 0 Å². The molecule has 0 aromatic heterocycles. The van der Waals surface area contributed by atoms with Gasteiger partial charge in [0.1, 0.15) is 0 Å². The van der Waals surface area contributed by atoms with Gasteiger partial charge in [0.25, 0.3) is 0 Å². The Morgan fingerprint density at radius 2 is 2.55 bits per heavy atom. The Morgan fingerprint density at radius 3 is 3.36 bits per heavy atom. The minimum absolute atomic E-state index is 0.957. The van der Waals surface area contributed by atoms with E-state index in [2.05, 4.69) is 23.3 Å². The highest BCUT2D eigenvalue weighted by Gasteiger charge is 1.98. The summed E-state index contributed by atoms with van der Waals surface area (Å²) in [7, 11) is 0. The molecule has 0 unspecified atom stereocenters. The highest BCUT2D eigenvalue weighted by molar-refractivity contribution is 5.87. The fourth-order valence-electron chi connectivity index (χ4n) is 1.09. The van der Waals surface area contributed by atoms with E-state index in [9.17, 15) is 0 Å². The van der Waals surface area contributed by atoms with Crippen LogP contribution in [0.15, 0.2) is 17.3 Å². The Balaban J connectivity index is 2.30. The molecule has 0 amide bonds. The van der Waals surface area contributed by atoms with E-state index in [1.807, 2.05) is 6.20 Å². The molecule has 2 heteroatoms. The average molecular weight is 152 g/mol. The highest BCUT2D eigenvalue weighted by Crippen LogP contribution is 1.98. The first-order chi connectivity index (χ1) is 5.43. The van der Waals surface area contributed by atoms with E-state index in [1.165, 1.54) is 18.6 Å². The molecule has 0 bridgehead atoms. The van der Waals surface area contributed by atoms with Crippen molar-refractivity contribution in [1.29, 1.82) is 0 Å². The van der Waals surface area contributed by atoms with Gasteiger partial charge in [-0.05, 0) is 12.8 Å². The lowest BCUT2D eigenvalue weighted by Gasteiger charge is -2.02. The molecule has 0 atom stereocenters. The van der Waals surface area contributed by atoms with Gasteiger partial charge in [0, 0.05) is 25.0 Å². The number of unbranched alkanes of at least 4 members (excludes halogenated alkanes) is 1. The first kappa shape index (κ1) is 8.47. The van der Waals surface area contributed by atoms with Crippen molar-refractivity contribution in [3.8, 4) is 0 Å². The molecule has 1 aliphatic heterocycles. The number of nitrogens with one attached hydrogen (secondary N) is 1. The maximum absolute atomic E-state index is 4.33.